The average molecular weight is 210 g/mol. The van der Waals surface area contributed by atoms with Crippen LogP contribution in [0.2, 0.25) is 0 Å². The standard InChI is InChI=1S/C11H18N2O2/c1-15-8-4-5-9(11(14)7-8)10(13)3-2-6-12/h4-5,7,10,14H,2-3,6,12-13H2,1H3/t10-/m0/s1. The lowest BCUT2D eigenvalue weighted by molar-refractivity contribution is 0.404. The van der Waals surface area contributed by atoms with Gasteiger partial charge in [-0.05, 0) is 25.5 Å². The largest absolute Gasteiger partial charge is 0.507 e. The molecule has 0 fully saturated rings. The van der Waals surface area contributed by atoms with Crippen molar-refractivity contribution in [1.29, 1.82) is 0 Å². The van der Waals surface area contributed by atoms with Gasteiger partial charge in [-0.2, -0.15) is 0 Å². The monoisotopic (exact) mass is 210 g/mol. The van der Waals surface area contributed by atoms with E-state index in [4.69, 9.17) is 16.2 Å². The van der Waals surface area contributed by atoms with Crippen LogP contribution in [0.15, 0.2) is 18.2 Å². The van der Waals surface area contributed by atoms with Gasteiger partial charge in [0.25, 0.3) is 0 Å². The van der Waals surface area contributed by atoms with Gasteiger partial charge >= 0.3 is 0 Å². The van der Waals surface area contributed by atoms with Crippen LogP contribution in [0.4, 0.5) is 0 Å². The van der Waals surface area contributed by atoms with Crippen LogP contribution >= 0.6 is 0 Å². The molecule has 1 rings (SSSR count). The fraction of sp³-hybridized carbons (Fsp3) is 0.455. The summed E-state index contributed by atoms with van der Waals surface area (Å²) in [6.07, 6.45) is 1.63. The summed E-state index contributed by atoms with van der Waals surface area (Å²) in [5, 5.41) is 9.70. The van der Waals surface area contributed by atoms with Crippen LogP contribution in [0.1, 0.15) is 24.4 Å². The molecular weight excluding hydrogens is 192 g/mol. The molecule has 0 bridgehead atoms. The molecule has 0 spiro atoms. The first-order chi connectivity index (χ1) is 7.19. The van der Waals surface area contributed by atoms with Gasteiger partial charge in [0.2, 0.25) is 0 Å². The Bertz CT molecular complexity index is 315. The first-order valence-electron chi connectivity index (χ1n) is 5.01. The van der Waals surface area contributed by atoms with Gasteiger partial charge in [-0.15, -0.1) is 0 Å². The van der Waals surface area contributed by atoms with E-state index < -0.39 is 0 Å². The molecule has 0 saturated heterocycles. The Morgan fingerprint density at radius 2 is 2.20 bits per heavy atom. The van der Waals surface area contributed by atoms with Crippen molar-refractivity contribution in [2.24, 2.45) is 11.5 Å². The number of nitrogens with two attached hydrogens (primary N) is 2. The van der Waals surface area contributed by atoms with Gasteiger partial charge in [0.1, 0.15) is 11.5 Å². The third-order valence-corrected chi connectivity index (χ3v) is 2.36. The molecule has 5 N–H and O–H groups in total. The highest BCUT2D eigenvalue weighted by Crippen LogP contribution is 2.29. The Hall–Kier alpha value is -1.26. The summed E-state index contributed by atoms with van der Waals surface area (Å²) < 4.78 is 4.99. The van der Waals surface area contributed by atoms with Crippen molar-refractivity contribution in [2.75, 3.05) is 13.7 Å². The zero-order chi connectivity index (χ0) is 11.3. The zero-order valence-electron chi connectivity index (χ0n) is 8.94. The molecule has 0 amide bonds. The van der Waals surface area contributed by atoms with E-state index in [1.807, 2.05) is 0 Å². The van der Waals surface area contributed by atoms with Gasteiger partial charge in [-0.25, -0.2) is 0 Å². The molecule has 0 saturated carbocycles. The number of ether oxygens (including phenoxy) is 1. The number of methoxy groups -OCH3 is 1. The highest BCUT2D eigenvalue weighted by molar-refractivity contribution is 5.41. The number of phenolic OH excluding ortho intramolecular Hbond substituents is 1. The predicted octanol–water partition coefficient (Wildman–Crippen LogP) is 1.14. The third kappa shape index (κ3) is 3.11. The van der Waals surface area contributed by atoms with Crippen molar-refractivity contribution >= 4 is 0 Å². The lowest BCUT2D eigenvalue weighted by Crippen LogP contribution is -2.12. The number of benzene rings is 1. The van der Waals surface area contributed by atoms with E-state index in [0.29, 0.717) is 12.3 Å². The SMILES string of the molecule is COc1ccc([C@@H](N)CCCN)c(O)c1. The summed E-state index contributed by atoms with van der Waals surface area (Å²) in [6.45, 7) is 0.616. The Kier molecular flexibility index (Phi) is 4.39. The minimum atomic E-state index is -0.167. The Morgan fingerprint density at radius 3 is 2.73 bits per heavy atom. The molecule has 15 heavy (non-hydrogen) atoms. The molecule has 0 heterocycles. The summed E-state index contributed by atoms with van der Waals surface area (Å²) in [7, 11) is 1.56. The molecular formula is C11H18N2O2. The van der Waals surface area contributed by atoms with E-state index in [1.54, 1.807) is 25.3 Å². The normalized spacial score (nSPS) is 12.5. The van der Waals surface area contributed by atoms with E-state index in [-0.39, 0.29) is 11.8 Å². The third-order valence-electron chi connectivity index (χ3n) is 2.36. The minimum absolute atomic E-state index is 0.167. The fourth-order valence-electron chi connectivity index (χ4n) is 1.46. The van der Waals surface area contributed by atoms with Crippen LogP contribution in [-0.4, -0.2) is 18.8 Å². The number of aromatic hydroxyl groups is 1. The van der Waals surface area contributed by atoms with Gasteiger partial charge in [0.05, 0.1) is 7.11 Å². The second-order valence-corrected chi connectivity index (χ2v) is 3.46. The number of hydrogen-bond acceptors (Lipinski definition) is 4. The summed E-state index contributed by atoms with van der Waals surface area (Å²) in [5.41, 5.74) is 12.1. The van der Waals surface area contributed by atoms with Crippen LogP contribution < -0.4 is 16.2 Å². The number of rotatable bonds is 5. The molecule has 1 aromatic carbocycles. The summed E-state index contributed by atoms with van der Waals surface area (Å²) in [4.78, 5) is 0. The molecule has 0 radical (unpaired) electrons. The van der Waals surface area contributed by atoms with Crippen molar-refractivity contribution in [3.8, 4) is 11.5 Å². The van der Waals surface area contributed by atoms with E-state index in [2.05, 4.69) is 0 Å². The number of phenols is 1. The minimum Gasteiger partial charge on any atom is -0.507 e. The molecule has 1 aromatic rings. The molecule has 0 aliphatic rings. The fourth-order valence-corrected chi connectivity index (χ4v) is 1.46. The topological polar surface area (TPSA) is 81.5 Å². The van der Waals surface area contributed by atoms with Gasteiger partial charge in [-0.1, -0.05) is 6.07 Å². The molecule has 4 nitrogen and oxygen atoms in total. The van der Waals surface area contributed by atoms with Gasteiger partial charge in [0.15, 0.2) is 0 Å². The van der Waals surface area contributed by atoms with Crippen LogP contribution in [0.5, 0.6) is 11.5 Å². The zero-order valence-corrected chi connectivity index (χ0v) is 8.94. The molecule has 0 aliphatic carbocycles. The van der Waals surface area contributed by atoms with Crippen LogP contribution in [0.25, 0.3) is 0 Å². The van der Waals surface area contributed by atoms with Crippen LogP contribution in [0.3, 0.4) is 0 Å². The lowest BCUT2D eigenvalue weighted by atomic mass is 10.0. The van der Waals surface area contributed by atoms with Crippen molar-refractivity contribution in [3.05, 3.63) is 23.8 Å². The highest BCUT2D eigenvalue weighted by Gasteiger charge is 2.10. The first kappa shape index (κ1) is 11.8. The average Bonchev–Trinajstić information content (AvgIpc) is 2.25. The molecule has 1 atom stereocenters. The van der Waals surface area contributed by atoms with Crippen LogP contribution in [-0.2, 0) is 0 Å². The molecule has 0 unspecified atom stereocenters. The summed E-state index contributed by atoms with van der Waals surface area (Å²) in [5.74, 6) is 0.807. The van der Waals surface area contributed by atoms with Crippen molar-refractivity contribution in [2.45, 2.75) is 18.9 Å². The Labute approximate surface area is 89.8 Å². The van der Waals surface area contributed by atoms with E-state index in [1.165, 1.54) is 0 Å². The van der Waals surface area contributed by atoms with Crippen molar-refractivity contribution in [1.82, 2.24) is 0 Å². The number of hydrogen-bond donors (Lipinski definition) is 3. The first-order valence-corrected chi connectivity index (χ1v) is 5.01. The van der Waals surface area contributed by atoms with Gasteiger partial charge in [0, 0.05) is 17.7 Å². The van der Waals surface area contributed by atoms with Crippen LogP contribution in [0, 0.1) is 0 Å². The van der Waals surface area contributed by atoms with E-state index in [9.17, 15) is 5.11 Å². The molecule has 0 aromatic heterocycles. The maximum atomic E-state index is 9.70. The Morgan fingerprint density at radius 1 is 1.47 bits per heavy atom. The van der Waals surface area contributed by atoms with E-state index in [0.717, 1.165) is 18.4 Å². The predicted molar refractivity (Wildman–Crippen MR) is 59.9 cm³/mol. The summed E-state index contributed by atoms with van der Waals surface area (Å²) >= 11 is 0. The lowest BCUT2D eigenvalue weighted by Gasteiger charge is -2.13. The van der Waals surface area contributed by atoms with E-state index >= 15 is 0 Å². The van der Waals surface area contributed by atoms with Gasteiger partial charge < -0.3 is 21.3 Å². The smallest absolute Gasteiger partial charge is 0.124 e. The highest BCUT2D eigenvalue weighted by atomic mass is 16.5. The second kappa shape index (κ2) is 5.58. The molecule has 0 aliphatic heterocycles. The molecule has 84 valence electrons. The maximum absolute atomic E-state index is 9.70. The van der Waals surface area contributed by atoms with Crippen molar-refractivity contribution < 1.29 is 9.84 Å². The maximum Gasteiger partial charge on any atom is 0.124 e. The van der Waals surface area contributed by atoms with Gasteiger partial charge in [-0.3, -0.25) is 0 Å². The molecule has 4 heteroatoms. The Balaban J connectivity index is 2.76. The second-order valence-electron chi connectivity index (χ2n) is 3.46. The quantitative estimate of drug-likeness (QED) is 0.680. The summed E-state index contributed by atoms with van der Waals surface area (Å²) in [6, 6.07) is 4.98. The van der Waals surface area contributed by atoms with Crippen molar-refractivity contribution in [3.63, 3.8) is 0 Å².